The third-order valence-corrected chi connectivity index (χ3v) is 3.07. The Hall–Kier alpha value is -1.17. The van der Waals surface area contributed by atoms with Crippen molar-refractivity contribution in [2.75, 3.05) is 12.3 Å². The number of aromatic nitrogens is 1. The van der Waals surface area contributed by atoms with Crippen LogP contribution in [-0.4, -0.2) is 17.7 Å². The highest BCUT2D eigenvalue weighted by molar-refractivity contribution is 5.46. The van der Waals surface area contributed by atoms with Crippen molar-refractivity contribution >= 4 is 5.82 Å². The maximum Gasteiger partial charge on any atom is 0.128 e. The molecule has 0 radical (unpaired) electrons. The molecule has 1 saturated heterocycles. The number of nitrogens with two attached hydrogens (primary N) is 2. The molecular formula is C11H18N4O. The summed E-state index contributed by atoms with van der Waals surface area (Å²) in [6.07, 6.45) is 3.87. The van der Waals surface area contributed by atoms with E-state index in [-0.39, 0.29) is 12.1 Å². The first-order valence-electron chi connectivity index (χ1n) is 5.52. The minimum atomic E-state index is -0.0730. The Morgan fingerprint density at radius 3 is 3.00 bits per heavy atom. The lowest BCUT2D eigenvalue weighted by Gasteiger charge is -2.24. The molecule has 1 aromatic heterocycles. The van der Waals surface area contributed by atoms with Gasteiger partial charge in [0.05, 0.1) is 12.1 Å². The van der Waals surface area contributed by atoms with Gasteiger partial charge in [-0.1, -0.05) is 0 Å². The van der Waals surface area contributed by atoms with Crippen LogP contribution in [0.4, 0.5) is 5.82 Å². The number of anilines is 1. The molecule has 0 aliphatic carbocycles. The number of nitrogen functional groups attached to an aromatic ring is 1. The highest BCUT2D eigenvalue weighted by atomic mass is 16.5. The second kappa shape index (κ2) is 4.78. The van der Waals surface area contributed by atoms with E-state index >= 15 is 0 Å². The number of hydrazine groups is 1. The summed E-state index contributed by atoms with van der Waals surface area (Å²) in [5.74, 6) is 6.14. The molecule has 0 spiro atoms. The van der Waals surface area contributed by atoms with Gasteiger partial charge in [-0.25, -0.2) is 4.98 Å². The third-order valence-electron chi connectivity index (χ3n) is 3.07. The van der Waals surface area contributed by atoms with Crippen molar-refractivity contribution in [3.63, 3.8) is 0 Å². The summed E-state index contributed by atoms with van der Waals surface area (Å²) in [5, 5.41) is 0. The first-order valence-corrected chi connectivity index (χ1v) is 5.52. The largest absolute Gasteiger partial charge is 0.383 e. The van der Waals surface area contributed by atoms with Gasteiger partial charge < -0.3 is 10.5 Å². The molecular weight excluding hydrogens is 204 g/mol. The van der Waals surface area contributed by atoms with Crippen LogP contribution in [0.25, 0.3) is 0 Å². The van der Waals surface area contributed by atoms with Crippen molar-refractivity contribution in [2.24, 2.45) is 5.84 Å². The van der Waals surface area contributed by atoms with Crippen LogP contribution in [0.5, 0.6) is 0 Å². The van der Waals surface area contributed by atoms with Crippen LogP contribution < -0.4 is 17.0 Å². The molecule has 0 amide bonds. The number of pyridine rings is 1. The fraction of sp³-hybridized carbons (Fsp3) is 0.545. The molecule has 5 heteroatoms. The van der Waals surface area contributed by atoms with Crippen molar-refractivity contribution in [1.29, 1.82) is 0 Å². The quantitative estimate of drug-likeness (QED) is 0.516. The smallest absolute Gasteiger partial charge is 0.128 e. The maximum absolute atomic E-state index is 5.90. The summed E-state index contributed by atoms with van der Waals surface area (Å²) >= 11 is 0. The van der Waals surface area contributed by atoms with Gasteiger partial charge in [-0.05, 0) is 31.4 Å². The Morgan fingerprint density at radius 2 is 2.44 bits per heavy atom. The lowest BCUT2D eigenvalue weighted by atomic mass is 9.97. The number of hydrogen-bond donors (Lipinski definition) is 3. The molecule has 2 atom stereocenters. The average Bonchev–Trinajstić information content (AvgIpc) is 2.77. The van der Waals surface area contributed by atoms with Crippen LogP contribution >= 0.6 is 0 Å². The van der Waals surface area contributed by atoms with Gasteiger partial charge in [0.15, 0.2) is 0 Å². The molecule has 1 fully saturated rings. The second-order valence-corrected chi connectivity index (χ2v) is 4.12. The number of ether oxygens (including phenoxy) is 1. The van der Waals surface area contributed by atoms with Crippen LogP contribution in [0, 0.1) is 6.92 Å². The molecule has 2 rings (SSSR count). The van der Waals surface area contributed by atoms with Gasteiger partial charge >= 0.3 is 0 Å². The molecule has 2 unspecified atom stereocenters. The Balaban J connectivity index is 2.32. The monoisotopic (exact) mass is 222 g/mol. The van der Waals surface area contributed by atoms with Gasteiger partial charge in [-0.2, -0.15) is 0 Å². The fourth-order valence-electron chi connectivity index (χ4n) is 2.24. The normalized spacial score (nSPS) is 22.2. The molecule has 1 aliphatic heterocycles. The Morgan fingerprint density at radius 1 is 1.62 bits per heavy atom. The zero-order chi connectivity index (χ0) is 11.5. The summed E-state index contributed by atoms with van der Waals surface area (Å²) < 4.78 is 5.64. The summed E-state index contributed by atoms with van der Waals surface area (Å²) in [6.45, 7) is 2.80. The molecule has 88 valence electrons. The van der Waals surface area contributed by atoms with E-state index in [1.807, 2.05) is 13.0 Å². The van der Waals surface area contributed by atoms with Crippen LogP contribution in [0.2, 0.25) is 0 Å². The molecule has 16 heavy (non-hydrogen) atoms. The van der Waals surface area contributed by atoms with E-state index in [1.165, 1.54) is 0 Å². The van der Waals surface area contributed by atoms with Crippen molar-refractivity contribution in [2.45, 2.75) is 31.9 Å². The molecule has 2 heterocycles. The van der Waals surface area contributed by atoms with E-state index < -0.39 is 0 Å². The number of nitrogens with one attached hydrogen (secondary N) is 1. The number of nitrogens with zero attached hydrogens (tertiary/aromatic N) is 1. The fourth-order valence-corrected chi connectivity index (χ4v) is 2.24. The topological polar surface area (TPSA) is 86.2 Å². The third kappa shape index (κ3) is 2.02. The van der Waals surface area contributed by atoms with E-state index in [2.05, 4.69) is 10.4 Å². The molecule has 0 saturated carbocycles. The van der Waals surface area contributed by atoms with Gasteiger partial charge in [0.25, 0.3) is 0 Å². The molecule has 1 aromatic rings. The Labute approximate surface area is 95.1 Å². The lowest BCUT2D eigenvalue weighted by Crippen LogP contribution is -2.37. The number of aryl methyl sites for hydroxylation is 1. The van der Waals surface area contributed by atoms with E-state index in [4.69, 9.17) is 16.3 Å². The molecule has 0 aromatic carbocycles. The van der Waals surface area contributed by atoms with Gasteiger partial charge in [0, 0.05) is 18.4 Å². The van der Waals surface area contributed by atoms with Crippen molar-refractivity contribution in [3.05, 3.63) is 23.4 Å². The molecule has 5 nitrogen and oxygen atoms in total. The van der Waals surface area contributed by atoms with Crippen LogP contribution in [0.3, 0.4) is 0 Å². The minimum Gasteiger partial charge on any atom is -0.383 e. The predicted molar refractivity (Wildman–Crippen MR) is 62.4 cm³/mol. The average molecular weight is 222 g/mol. The first-order chi connectivity index (χ1) is 7.74. The van der Waals surface area contributed by atoms with Gasteiger partial charge in [-0.15, -0.1) is 0 Å². The zero-order valence-corrected chi connectivity index (χ0v) is 9.44. The number of hydrogen-bond acceptors (Lipinski definition) is 5. The summed E-state index contributed by atoms with van der Waals surface area (Å²) in [5.41, 5.74) is 10.7. The van der Waals surface area contributed by atoms with E-state index in [0.29, 0.717) is 5.82 Å². The Kier molecular flexibility index (Phi) is 3.38. The maximum atomic E-state index is 5.90. The second-order valence-electron chi connectivity index (χ2n) is 4.12. The summed E-state index contributed by atoms with van der Waals surface area (Å²) in [4.78, 5) is 4.11. The van der Waals surface area contributed by atoms with Crippen LogP contribution in [0.1, 0.15) is 30.0 Å². The standard InChI is InChI=1S/C11H18N4O/c1-7-4-5-14-11(12)9(7)10(15-13)8-3-2-6-16-8/h4-5,8,10,15H,2-3,6,13H2,1H3,(H2,12,14). The molecule has 5 N–H and O–H groups in total. The van der Waals surface area contributed by atoms with Crippen molar-refractivity contribution in [3.8, 4) is 0 Å². The van der Waals surface area contributed by atoms with Crippen LogP contribution in [-0.2, 0) is 4.74 Å². The SMILES string of the molecule is Cc1ccnc(N)c1C(NN)C1CCCO1. The summed E-state index contributed by atoms with van der Waals surface area (Å²) in [7, 11) is 0. The lowest BCUT2D eigenvalue weighted by molar-refractivity contribution is 0.0783. The highest BCUT2D eigenvalue weighted by Gasteiger charge is 2.29. The van der Waals surface area contributed by atoms with E-state index in [9.17, 15) is 0 Å². The molecule has 0 bridgehead atoms. The van der Waals surface area contributed by atoms with Gasteiger partial charge in [-0.3, -0.25) is 11.3 Å². The minimum absolute atomic E-state index is 0.0730. The zero-order valence-electron chi connectivity index (χ0n) is 9.44. The first kappa shape index (κ1) is 11.3. The van der Waals surface area contributed by atoms with E-state index in [1.54, 1.807) is 6.20 Å². The van der Waals surface area contributed by atoms with Crippen molar-refractivity contribution in [1.82, 2.24) is 10.4 Å². The van der Waals surface area contributed by atoms with Crippen LogP contribution in [0.15, 0.2) is 12.3 Å². The number of rotatable bonds is 3. The Bertz CT molecular complexity index is 343. The van der Waals surface area contributed by atoms with E-state index in [0.717, 1.165) is 30.6 Å². The summed E-state index contributed by atoms with van der Waals surface area (Å²) in [6, 6.07) is 1.86. The highest BCUT2D eigenvalue weighted by Crippen LogP contribution is 2.30. The van der Waals surface area contributed by atoms with Gasteiger partial charge in [0.1, 0.15) is 5.82 Å². The van der Waals surface area contributed by atoms with Crippen molar-refractivity contribution < 1.29 is 4.74 Å². The van der Waals surface area contributed by atoms with Gasteiger partial charge in [0.2, 0.25) is 0 Å². The molecule has 1 aliphatic rings. The predicted octanol–water partition coefficient (Wildman–Crippen LogP) is 0.656.